The summed E-state index contributed by atoms with van der Waals surface area (Å²) in [5.41, 5.74) is 6.10. The third-order valence-corrected chi connectivity index (χ3v) is 6.83. The van der Waals surface area contributed by atoms with Crippen LogP contribution in [0.5, 0.6) is 0 Å². The number of benzene rings is 2. The summed E-state index contributed by atoms with van der Waals surface area (Å²) in [6.07, 6.45) is 6.69. The fraction of sp³-hybridized carbons (Fsp3) is 0.320. The van der Waals surface area contributed by atoms with Gasteiger partial charge in [-0.05, 0) is 47.0 Å². The molecule has 0 aromatic heterocycles. The number of fused-ring (bicyclic) bond motifs is 1. The average Bonchev–Trinajstić information content (AvgIpc) is 3.22. The van der Waals surface area contributed by atoms with Gasteiger partial charge >= 0.3 is 0 Å². The summed E-state index contributed by atoms with van der Waals surface area (Å²) >= 11 is 6.15. The first-order chi connectivity index (χ1) is 16.1. The molecule has 0 spiro atoms. The first kappa shape index (κ1) is 22.1. The maximum Gasteiger partial charge on any atom is 0.265 e. The fourth-order valence-electron chi connectivity index (χ4n) is 4.79. The number of hydrogen-bond acceptors (Lipinski definition) is 6. The molecule has 2 aromatic carbocycles. The summed E-state index contributed by atoms with van der Waals surface area (Å²) in [7, 11) is 0. The van der Waals surface area contributed by atoms with Crippen LogP contribution in [0, 0.1) is 0 Å². The summed E-state index contributed by atoms with van der Waals surface area (Å²) in [6, 6.07) is 16.1. The Morgan fingerprint density at radius 1 is 1.12 bits per heavy atom. The standard InChI is InChI=1S/C25H28ClN5O2/c26-21-8-5-18(6-9-21)24-22(16-30-11-13-33-14-12-30)31-15-20(7-10-23(31)28-24)17-1-3-19(4-2-17)25(32)29-27/h1-10,15,22-24,28H,11-14,16,27H2,(H,29,32). The van der Waals surface area contributed by atoms with Gasteiger partial charge in [-0.15, -0.1) is 0 Å². The van der Waals surface area contributed by atoms with Crippen LogP contribution in [0.3, 0.4) is 0 Å². The first-order valence-electron chi connectivity index (χ1n) is 11.2. The number of rotatable bonds is 5. The molecule has 7 nitrogen and oxygen atoms in total. The first-order valence-corrected chi connectivity index (χ1v) is 11.6. The Labute approximate surface area is 198 Å². The molecule has 2 fully saturated rings. The Morgan fingerprint density at radius 2 is 1.85 bits per heavy atom. The number of nitrogen functional groups attached to an aromatic ring is 1. The Morgan fingerprint density at radius 3 is 2.55 bits per heavy atom. The number of halogens is 1. The number of nitrogens with two attached hydrogens (primary N) is 1. The van der Waals surface area contributed by atoms with Gasteiger partial charge in [0.1, 0.15) is 0 Å². The molecule has 0 saturated carbocycles. The third kappa shape index (κ3) is 4.69. The molecule has 2 aromatic rings. The topological polar surface area (TPSA) is 82.9 Å². The maximum absolute atomic E-state index is 11.8. The zero-order valence-electron chi connectivity index (χ0n) is 18.3. The van der Waals surface area contributed by atoms with Gasteiger partial charge in [0.2, 0.25) is 0 Å². The second-order valence-corrected chi connectivity index (χ2v) is 9.00. The van der Waals surface area contributed by atoms with Gasteiger partial charge < -0.3 is 9.64 Å². The number of morpholine rings is 1. The summed E-state index contributed by atoms with van der Waals surface area (Å²) in [4.78, 5) is 16.7. The number of nitrogens with zero attached hydrogens (tertiary/aromatic N) is 2. The molecule has 3 aliphatic rings. The van der Waals surface area contributed by atoms with Crippen molar-refractivity contribution < 1.29 is 9.53 Å². The highest BCUT2D eigenvalue weighted by molar-refractivity contribution is 6.30. The van der Waals surface area contributed by atoms with E-state index in [2.05, 4.69) is 51.0 Å². The molecule has 3 unspecified atom stereocenters. The average molecular weight is 466 g/mol. The number of carbonyl (C=O) groups excluding carboxylic acids is 1. The molecule has 172 valence electrons. The van der Waals surface area contributed by atoms with Crippen molar-refractivity contribution in [1.82, 2.24) is 20.5 Å². The van der Waals surface area contributed by atoms with Crippen molar-refractivity contribution in [3.05, 3.63) is 88.6 Å². The van der Waals surface area contributed by atoms with Crippen LogP contribution >= 0.6 is 11.6 Å². The van der Waals surface area contributed by atoms with Gasteiger partial charge in [-0.25, -0.2) is 5.84 Å². The van der Waals surface area contributed by atoms with Crippen molar-refractivity contribution in [1.29, 1.82) is 0 Å². The Balaban J connectivity index is 1.43. The minimum atomic E-state index is -0.296. The van der Waals surface area contributed by atoms with E-state index >= 15 is 0 Å². The van der Waals surface area contributed by atoms with Crippen LogP contribution in [0.4, 0.5) is 0 Å². The maximum atomic E-state index is 11.8. The van der Waals surface area contributed by atoms with Crippen molar-refractivity contribution in [3.8, 4) is 0 Å². The zero-order chi connectivity index (χ0) is 22.8. The molecule has 4 N–H and O–H groups in total. The zero-order valence-corrected chi connectivity index (χ0v) is 19.0. The highest BCUT2D eigenvalue weighted by Crippen LogP contribution is 2.35. The van der Waals surface area contributed by atoms with Crippen LogP contribution in [0.25, 0.3) is 5.57 Å². The highest BCUT2D eigenvalue weighted by atomic mass is 35.5. The summed E-state index contributed by atoms with van der Waals surface area (Å²) in [6.45, 7) is 4.38. The van der Waals surface area contributed by atoms with Gasteiger partial charge in [0.15, 0.2) is 0 Å². The lowest BCUT2D eigenvalue weighted by Gasteiger charge is -2.36. The van der Waals surface area contributed by atoms with E-state index in [1.165, 1.54) is 5.56 Å². The number of nitrogens with one attached hydrogen (secondary N) is 2. The minimum Gasteiger partial charge on any atom is -0.379 e. The minimum absolute atomic E-state index is 0.114. The van der Waals surface area contributed by atoms with E-state index in [9.17, 15) is 4.79 Å². The van der Waals surface area contributed by atoms with E-state index in [0.717, 1.165) is 49.0 Å². The van der Waals surface area contributed by atoms with E-state index in [0.29, 0.717) is 5.56 Å². The summed E-state index contributed by atoms with van der Waals surface area (Å²) in [5, 5.41) is 4.54. The van der Waals surface area contributed by atoms with Crippen molar-refractivity contribution in [3.63, 3.8) is 0 Å². The molecule has 0 bridgehead atoms. The Bertz CT molecular complexity index is 1050. The van der Waals surface area contributed by atoms with Crippen molar-refractivity contribution in [2.45, 2.75) is 18.2 Å². The van der Waals surface area contributed by atoms with Gasteiger partial charge in [-0.2, -0.15) is 0 Å². The van der Waals surface area contributed by atoms with Crippen LogP contribution < -0.4 is 16.6 Å². The molecule has 3 aliphatic heterocycles. The molecule has 3 heterocycles. The van der Waals surface area contributed by atoms with Gasteiger partial charge in [0.05, 0.1) is 31.5 Å². The van der Waals surface area contributed by atoms with Crippen LogP contribution in [0.15, 0.2) is 66.9 Å². The predicted molar refractivity (Wildman–Crippen MR) is 129 cm³/mol. The van der Waals surface area contributed by atoms with Gasteiger partial charge in [0.25, 0.3) is 5.91 Å². The van der Waals surface area contributed by atoms with E-state index < -0.39 is 0 Å². The number of hydrazine groups is 1. The summed E-state index contributed by atoms with van der Waals surface area (Å²) in [5.74, 6) is 4.95. The quantitative estimate of drug-likeness (QED) is 0.357. The van der Waals surface area contributed by atoms with Crippen LogP contribution in [-0.2, 0) is 4.74 Å². The molecule has 1 amide bonds. The number of hydrogen-bond donors (Lipinski definition) is 3. The molecular weight excluding hydrogens is 438 g/mol. The Hall–Kier alpha value is -2.68. The van der Waals surface area contributed by atoms with E-state index in [1.54, 1.807) is 12.1 Å². The van der Waals surface area contributed by atoms with Crippen LogP contribution in [-0.4, -0.2) is 60.8 Å². The van der Waals surface area contributed by atoms with E-state index in [4.69, 9.17) is 22.2 Å². The normalized spacial score (nSPS) is 25.0. The lowest BCUT2D eigenvalue weighted by atomic mass is 9.98. The van der Waals surface area contributed by atoms with Crippen molar-refractivity contribution in [2.75, 3.05) is 32.8 Å². The van der Waals surface area contributed by atoms with Gasteiger partial charge in [0, 0.05) is 36.4 Å². The largest absolute Gasteiger partial charge is 0.379 e. The second-order valence-electron chi connectivity index (χ2n) is 8.56. The third-order valence-electron chi connectivity index (χ3n) is 6.58. The fourth-order valence-corrected chi connectivity index (χ4v) is 4.92. The lowest BCUT2D eigenvalue weighted by molar-refractivity contribution is 0.0278. The van der Waals surface area contributed by atoms with Crippen molar-refractivity contribution >= 4 is 23.1 Å². The smallest absolute Gasteiger partial charge is 0.265 e. The monoisotopic (exact) mass is 465 g/mol. The molecule has 0 radical (unpaired) electrons. The molecule has 2 saturated heterocycles. The van der Waals surface area contributed by atoms with Crippen LogP contribution in [0.1, 0.15) is 27.5 Å². The van der Waals surface area contributed by atoms with Crippen molar-refractivity contribution in [2.24, 2.45) is 5.84 Å². The van der Waals surface area contributed by atoms with E-state index in [-0.39, 0.29) is 24.2 Å². The lowest BCUT2D eigenvalue weighted by Crippen LogP contribution is -2.46. The summed E-state index contributed by atoms with van der Waals surface area (Å²) < 4.78 is 5.56. The molecule has 5 rings (SSSR count). The number of amides is 1. The number of carbonyl (C=O) groups is 1. The molecule has 3 atom stereocenters. The van der Waals surface area contributed by atoms with Gasteiger partial charge in [-0.1, -0.05) is 41.9 Å². The molecule has 8 heteroatoms. The highest BCUT2D eigenvalue weighted by Gasteiger charge is 2.41. The Kier molecular flexibility index (Phi) is 6.48. The van der Waals surface area contributed by atoms with Crippen LogP contribution in [0.2, 0.25) is 5.02 Å². The second kappa shape index (κ2) is 9.67. The SMILES string of the molecule is NNC(=O)c1ccc(C2=CN3C(C=C2)NC(c2ccc(Cl)cc2)C3CN2CCOCC2)cc1. The van der Waals surface area contributed by atoms with E-state index in [1.807, 2.05) is 24.3 Å². The number of ether oxygens (including phenoxy) is 1. The molecular formula is C25H28ClN5O2. The molecule has 0 aliphatic carbocycles. The number of allylic oxidation sites excluding steroid dienone is 2. The molecule has 33 heavy (non-hydrogen) atoms. The van der Waals surface area contributed by atoms with Gasteiger partial charge in [-0.3, -0.25) is 20.4 Å². The predicted octanol–water partition coefficient (Wildman–Crippen LogP) is 2.53.